The van der Waals surface area contributed by atoms with Crippen LogP contribution in [0.5, 0.6) is 11.5 Å². The van der Waals surface area contributed by atoms with Crippen molar-refractivity contribution in [1.82, 2.24) is 0 Å². The number of methoxy groups -OCH3 is 2. The Balaban J connectivity index is 2.80. The second-order valence-electron chi connectivity index (χ2n) is 4.81. The van der Waals surface area contributed by atoms with Crippen LogP contribution < -0.4 is 9.47 Å². The van der Waals surface area contributed by atoms with E-state index < -0.39 is 5.41 Å². The highest BCUT2D eigenvalue weighted by atomic mass is 16.5. The number of benzene rings is 1. The molecule has 0 heterocycles. The smallest absolute Gasteiger partial charge is 0.314 e. The SMILES string of the molecule is COC(=O)C(C)(C)COc1ccc(CO)cc1OC. The van der Waals surface area contributed by atoms with Gasteiger partial charge in [-0.3, -0.25) is 4.79 Å². The zero-order valence-electron chi connectivity index (χ0n) is 11.7. The molecule has 0 atom stereocenters. The van der Waals surface area contributed by atoms with E-state index in [1.807, 2.05) is 0 Å². The monoisotopic (exact) mass is 268 g/mol. The van der Waals surface area contributed by atoms with E-state index in [1.54, 1.807) is 32.0 Å². The number of rotatable bonds is 6. The second kappa shape index (κ2) is 6.43. The average molecular weight is 268 g/mol. The predicted molar refractivity (Wildman–Crippen MR) is 70.2 cm³/mol. The fourth-order valence-corrected chi connectivity index (χ4v) is 1.52. The first-order chi connectivity index (χ1) is 8.94. The Bertz CT molecular complexity index is 439. The first-order valence-corrected chi connectivity index (χ1v) is 5.93. The predicted octanol–water partition coefficient (Wildman–Crippen LogP) is 1.77. The summed E-state index contributed by atoms with van der Waals surface area (Å²) in [6.07, 6.45) is 0. The van der Waals surface area contributed by atoms with Gasteiger partial charge in [-0.05, 0) is 31.5 Å². The van der Waals surface area contributed by atoms with Crippen molar-refractivity contribution in [3.63, 3.8) is 0 Å². The minimum atomic E-state index is -0.741. The molecule has 1 aromatic rings. The zero-order chi connectivity index (χ0) is 14.5. The van der Waals surface area contributed by atoms with Gasteiger partial charge in [0.1, 0.15) is 6.61 Å². The van der Waals surface area contributed by atoms with Gasteiger partial charge in [0.2, 0.25) is 0 Å². The van der Waals surface area contributed by atoms with Crippen molar-refractivity contribution in [3.05, 3.63) is 23.8 Å². The Hall–Kier alpha value is -1.75. The summed E-state index contributed by atoms with van der Waals surface area (Å²) in [7, 11) is 2.87. The third-order valence-electron chi connectivity index (χ3n) is 2.74. The third kappa shape index (κ3) is 3.86. The Morgan fingerprint density at radius 1 is 1.26 bits per heavy atom. The van der Waals surface area contributed by atoms with Crippen LogP contribution in [0.2, 0.25) is 0 Å². The fourth-order valence-electron chi connectivity index (χ4n) is 1.52. The third-order valence-corrected chi connectivity index (χ3v) is 2.74. The highest BCUT2D eigenvalue weighted by Crippen LogP contribution is 2.30. The van der Waals surface area contributed by atoms with Crippen molar-refractivity contribution >= 4 is 5.97 Å². The molecule has 0 radical (unpaired) electrons. The number of carbonyl (C=O) groups excluding carboxylic acids is 1. The lowest BCUT2D eigenvalue weighted by Gasteiger charge is -2.22. The molecule has 1 aromatic carbocycles. The van der Waals surface area contributed by atoms with Gasteiger partial charge in [-0.25, -0.2) is 0 Å². The molecule has 0 saturated carbocycles. The van der Waals surface area contributed by atoms with E-state index in [4.69, 9.17) is 19.3 Å². The van der Waals surface area contributed by atoms with Crippen molar-refractivity contribution < 1.29 is 24.1 Å². The molecule has 0 saturated heterocycles. The van der Waals surface area contributed by atoms with Crippen LogP contribution in [0.25, 0.3) is 0 Å². The number of ether oxygens (including phenoxy) is 3. The highest BCUT2D eigenvalue weighted by molar-refractivity contribution is 5.75. The van der Waals surface area contributed by atoms with Gasteiger partial charge in [-0.15, -0.1) is 0 Å². The normalized spacial score (nSPS) is 11.0. The van der Waals surface area contributed by atoms with Crippen LogP contribution in [-0.2, 0) is 16.1 Å². The molecule has 0 aliphatic heterocycles. The summed E-state index contributed by atoms with van der Waals surface area (Å²) in [5, 5.41) is 9.05. The van der Waals surface area contributed by atoms with Gasteiger partial charge in [0.15, 0.2) is 11.5 Å². The Labute approximate surface area is 113 Å². The molecule has 0 bridgehead atoms. The molecule has 0 aliphatic carbocycles. The molecule has 106 valence electrons. The highest BCUT2D eigenvalue weighted by Gasteiger charge is 2.30. The molecule has 1 N–H and O–H groups in total. The standard InChI is InChI=1S/C14H20O5/c1-14(2,13(16)18-4)9-19-11-6-5-10(8-15)7-12(11)17-3/h5-7,15H,8-9H2,1-4H3. The van der Waals surface area contributed by atoms with Crippen LogP contribution in [0.1, 0.15) is 19.4 Å². The van der Waals surface area contributed by atoms with Crippen LogP contribution >= 0.6 is 0 Å². The van der Waals surface area contributed by atoms with Gasteiger partial charge in [0.25, 0.3) is 0 Å². The zero-order valence-corrected chi connectivity index (χ0v) is 11.7. The van der Waals surface area contributed by atoms with E-state index in [9.17, 15) is 4.79 Å². The molecule has 0 spiro atoms. The van der Waals surface area contributed by atoms with Crippen LogP contribution in [0, 0.1) is 5.41 Å². The maximum absolute atomic E-state index is 11.5. The van der Waals surface area contributed by atoms with Crippen LogP contribution in [0.3, 0.4) is 0 Å². The lowest BCUT2D eigenvalue weighted by Crippen LogP contribution is -2.32. The minimum Gasteiger partial charge on any atom is -0.493 e. The molecule has 19 heavy (non-hydrogen) atoms. The summed E-state index contributed by atoms with van der Waals surface area (Å²) < 4.78 is 15.5. The van der Waals surface area contributed by atoms with E-state index in [1.165, 1.54) is 14.2 Å². The lowest BCUT2D eigenvalue weighted by atomic mass is 9.95. The first kappa shape index (κ1) is 15.3. The van der Waals surface area contributed by atoms with Gasteiger partial charge in [-0.2, -0.15) is 0 Å². The number of aliphatic hydroxyl groups excluding tert-OH is 1. The number of carbonyl (C=O) groups is 1. The van der Waals surface area contributed by atoms with Crippen molar-refractivity contribution in [2.75, 3.05) is 20.8 Å². The molecule has 0 fully saturated rings. The van der Waals surface area contributed by atoms with Crippen LogP contribution in [0.15, 0.2) is 18.2 Å². The van der Waals surface area contributed by atoms with Crippen LogP contribution in [-0.4, -0.2) is 31.9 Å². The molecule has 0 amide bonds. The van der Waals surface area contributed by atoms with Gasteiger partial charge >= 0.3 is 5.97 Å². The van der Waals surface area contributed by atoms with Crippen molar-refractivity contribution in [1.29, 1.82) is 0 Å². The minimum absolute atomic E-state index is 0.0652. The van der Waals surface area contributed by atoms with E-state index >= 15 is 0 Å². The summed E-state index contributed by atoms with van der Waals surface area (Å²) in [4.78, 5) is 11.5. The topological polar surface area (TPSA) is 65.0 Å². The number of aliphatic hydroxyl groups is 1. The molecular weight excluding hydrogens is 248 g/mol. The van der Waals surface area contributed by atoms with E-state index in [2.05, 4.69) is 0 Å². The summed E-state index contributed by atoms with van der Waals surface area (Å²) in [5.74, 6) is 0.710. The summed E-state index contributed by atoms with van der Waals surface area (Å²) in [6.45, 7) is 3.60. The van der Waals surface area contributed by atoms with E-state index in [-0.39, 0.29) is 19.2 Å². The van der Waals surface area contributed by atoms with Crippen LogP contribution in [0.4, 0.5) is 0 Å². The van der Waals surface area contributed by atoms with Gasteiger partial charge < -0.3 is 19.3 Å². The maximum Gasteiger partial charge on any atom is 0.314 e. The number of hydrogen-bond acceptors (Lipinski definition) is 5. The second-order valence-corrected chi connectivity index (χ2v) is 4.81. The van der Waals surface area contributed by atoms with Crippen molar-refractivity contribution in [2.45, 2.75) is 20.5 Å². The summed E-state index contributed by atoms with van der Waals surface area (Å²) >= 11 is 0. The molecule has 0 aromatic heterocycles. The van der Waals surface area contributed by atoms with Crippen molar-refractivity contribution in [3.8, 4) is 11.5 Å². The quantitative estimate of drug-likeness (QED) is 0.796. The first-order valence-electron chi connectivity index (χ1n) is 5.93. The Morgan fingerprint density at radius 3 is 2.47 bits per heavy atom. The number of hydrogen-bond donors (Lipinski definition) is 1. The molecule has 5 heteroatoms. The fraction of sp³-hybridized carbons (Fsp3) is 0.500. The molecule has 1 rings (SSSR count). The van der Waals surface area contributed by atoms with Gasteiger partial charge in [0, 0.05) is 0 Å². The largest absolute Gasteiger partial charge is 0.493 e. The van der Waals surface area contributed by atoms with E-state index in [0.29, 0.717) is 11.5 Å². The molecular formula is C14H20O5. The van der Waals surface area contributed by atoms with Crippen molar-refractivity contribution in [2.24, 2.45) is 5.41 Å². The Kier molecular flexibility index (Phi) is 5.18. The number of esters is 1. The molecule has 5 nitrogen and oxygen atoms in total. The summed E-state index contributed by atoms with van der Waals surface area (Å²) in [5.41, 5.74) is -0.00786. The summed E-state index contributed by atoms with van der Waals surface area (Å²) in [6, 6.07) is 5.14. The van der Waals surface area contributed by atoms with Gasteiger partial charge in [-0.1, -0.05) is 6.07 Å². The van der Waals surface area contributed by atoms with Gasteiger partial charge in [0.05, 0.1) is 26.2 Å². The lowest BCUT2D eigenvalue weighted by molar-refractivity contribution is -0.152. The molecule has 0 aliphatic rings. The van der Waals surface area contributed by atoms with E-state index in [0.717, 1.165) is 5.56 Å². The Morgan fingerprint density at radius 2 is 1.95 bits per heavy atom. The molecule has 0 unspecified atom stereocenters. The average Bonchev–Trinajstić information content (AvgIpc) is 2.43. The maximum atomic E-state index is 11.5.